The summed E-state index contributed by atoms with van der Waals surface area (Å²) in [6.07, 6.45) is 21.8. The number of fused-ring (bicyclic) bond motifs is 4. The van der Waals surface area contributed by atoms with Crippen molar-refractivity contribution in [3.8, 4) is 0 Å². The summed E-state index contributed by atoms with van der Waals surface area (Å²) in [5.41, 5.74) is 12.8. The van der Waals surface area contributed by atoms with E-state index in [2.05, 4.69) is 99.0 Å². The molecule has 0 bridgehead atoms. The van der Waals surface area contributed by atoms with Crippen molar-refractivity contribution in [3.05, 3.63) is 117 Å². The maximum atomic E-state index is 2.26. The third-order valence-corrected chi connectivity index (χ3v) is 8.60. The van der Waals surface area contributed by atoms with Gasteiger partial charge in [0.25, 0.3) is 0 Å². The topological polar surface area (TPSA) is 0 Å². The van der Waals surface area contributed by atoms with Crippen LogP contribution in [0, 0.1) is 0 Å². The second kappa shape index (κ2) is 30.0. The van der Waals surface area contributed by atoms with Crippen LogP contribution >= 0.6 is 0 Å². The van der Waals surface area contributed by atoms with E-state index >= 15 is 0 Å². The van der Waals surface area contributed by atoms with Crippen LogP contribution < -0.4 is 24.8 Å². The van der Waals surface area contributed by atoms with Gasteiger partial charge in [0.1, 0.15) is 0 Å². The van der Waals surface area contributed by atoms with Crippen molar-refractivity contribution >= 4 is 19.0 Å². The Hall–Kier alpha value is 0.154. The standard InChI is InChI=1S/4C9H11.2C2H7Si.2ClH.2Hf/c4*1-2-5-9-7-3-6-8(9)4-1;2*1-3-2;;;;/h4*3,6-7H,1-2,4-5H2;2*3H,1-2H3;2*1H;;/q4*-1;;;;;;/p-2. The van der Waals surface area contributed by atoms with E-state index in [-0.39, 0.29) is 76.5 Å². The molecular weight excluding hydrogens is 964 g/mol. The van der Waals surface area contributed by atoms with Gasteiger partial charge >= 0.3 is 0 Å². The van der Waals surface area contributed by atoms with Crippen LogP contribution in [0.3, 0.4) is 0 Å². The molecule has 4 aromatic rings. The zero-order valence-electron chi connectivity index (χ0n) is 29.2. The van der Waals surface area contributed by atoms with Gasteiger partial charge in [-0.1, -0.05) is 129 Å². The average Bonchev–Trinajstić information content (AvgIpc) is 3.85. The molecule has 254 valence electrons. The van der Waals surface area contributed by atoms with E-state index in [1.54, 1.807) is 44.5 Å². The first kappa shape index (κ1) is 48.3. The van der Waals surface area contributed by atoms with Gasteiger partial charge in [0.05, 0.1) is 0 Å². The molecule has 46 heavy (non-hydrogen) atoms. The second-order valence-electron chi connectivity index (χ2n) is 12.3. The summed E-state index contributed by atoms with van der Waals surface area (Å²) in [7, 11) is 1.50. The van der Waals surface area contributed by atoms with Crippen LogP contribution in [0.2, 0.25) is 26.2 Å². The molecule has 0 fully saturated rings. The second-order valence-corrected chi connectivity index (χ2v) is 14.6. The first-order chi connectivity index (χ1) is 20.7. The largest absolute Gasteiger partial charge is 1.00 e. The molecule has 0 atom stereocenters. The van der Waals surface area contributed by atoms with Crippen LogP contribution in [-0.4, -0.2) is 19.0 Å². The van der Waals surface area contributed by atoms with Crippen LogP contribution in [0.1, 0.15) is 95.9 Å². The van der Waals surface area contributed by atoms with E-state index in [0.717, 1.165) is 19.0 Å². The Morgan fingerprint density at radius 2 is 0.543 bits per heavy atom. The Morgan fingerprint density at radius 1 is 0.370 bits per heavy atom. The SMILES string of the molecule is C[SiH]C.C[SiH]C.[Cl-].[Cl-].[Hf].[Hf].c1cc2c([cH-]1)CCCC2.c1cc2c([cH-]1)CCCC2.c1cc2c([cH-]1)CCCC2.c1cc2c([cH-]1)CCCC2. The molecular formula is C40H58Cl2Hf2Si2-6. The van der Waals surface area contributed by atoms with E-state index in [0.29, 0.717) is 0 Å². The molecule has 0 aromatic heterocycles. The summed E-state index contributed by atoms with van der Waals surface area (Å²) in [6.45, 7) is 8.83. The minimum absolute atomic E-state index is 0. The molecule has 0 saturated carbocycles. The number of aryl methyl sites for hydroxylation is 8. The molecule has 4 aliphatic carbocycles. The minimum atomic E-state index is 0. The number of halogens is 2. The summed E-state index contributed by atoms with van der Waals surface area (Å²) in [4.78, 5) is 0. The molecule has 0 N–H and O–H groups in total. The van der Waals surface area contributed by atoms with Gasteiger partial charge in [-0.25, -0.2) is 24.3 Å². The third kappa shape index (κ3) is 17.7. The summed E-state index contributed by atoms with van der Waals surface area (Å²) >= 11 is 0. The fourth-order valence-corrected chi connectivity index (χ4v) is 6.45. The van der Waals surface area contributed by atoms with Gasteiger partial charge in [0.2, 0.25) is 0 Å². The molecule has 0 nitrogen and oxygen atoms in total. The maximum absolute atomic E-state index is 2.26. The Labute approximate surface area is 338 Å². The predicted molar refractivity (Wildman–Crippen MR) is 192 cm³/mol. The van der Waals surface area contributed by atoms with E-state index < -0.39 is 0 Å². The van der Waals surface area contributed by atoms with Crippen molar-refractivity contribution < 1.29 is 76.5 Å². The van der Waals surface area contributed by atoms with E-state index in [1.165, 1.54) is 103 Å². The van der Waals surface area contributed by atoms with Crippen molar-refractivity contribution in [2.24, 2.45) is 0 Å². The van der Waals surface area contributed by atoms with Gasteiger partial charge in [-0.05, 0) is 0 Å². The van der Waals surface area contributed by atoms with E-state index in [1.807, 2.05) is 0 Å². The van der Waals surface area contributed by atoms with Crippen LogP contribution in [0.15, 0.2) is 72.8 Å². The quantitative estimate of drug-likeness (QED) is 0.184. The molecule has 0 saturated heterocycles. The molecule has 0 heterocycles. The average molecular weight is 1020 g/mol. The molecule has 4 aromatic carbocycles. The van der Waals surface area contributed by atoms with Crippen LogP contribution in [0.5, 0.6) is 0 Å². The van der Waals surface area contributed by atoms with Crippen molar-refractivity contribution in [2.75, 3.05) is 0 Å². The molecule has 6 heteroatoms. The Balaban J connectivity index is 0. The van der Waals surface area contributed by atoms with Gasteiger partial charge in [-0.3, -0.25) is 0 Å². The van der Waals surface area contributed by atoms with Crippen molar-refractivity contribution in [3.63, 3.8) is 0 Å². The van der Waals surface area contributed by atoms with E-state index in [4.69, 9.17) is 0 Å². The molecule has 2 radical (unpaired) electrons. The fourth-order valence-electron chi connectivity index (χ4n) is 6.45. The van der Waals surface area contributed by atoms with Gasteiger partial charge in [0, 0.05) is 70.7 Å². The van der Waals surface area contributed by atoms with Gasteiger partial charge < -0.3 is 24.8 Å². The van der Waals surface area contributed by atoms with Gasteiger partial charge in [-0.15, -0.1) is 0 Å². The van der Waals surface area contributed by atoms with E-state index in [9.17, 15) is 0 Å². The van der Waals surface area contributed by atoms with Crippen molar-refractivity contribution in [2.45, 2.75) is 129 Å². The molecule has 0 unspecified atom stereocenters. The first-order valence-electron chi connectivity index (χ1n) is 17.1. The molecule has 8 rings (SSSR count). The molecule has 4 aliphatic rings. The fraction of sp³-hybridized carbons (Fsp3) is 0.500. The number of rotatable bonds is 0. The summed E-state index contributed by atoms with van der Waals surface area (Å²) in [5.74, 6) is 0. The van der Waals surface area contributed by atoms with Gasteiger partial charge in [-0.2, -0.15) is 93.0 Å². The third-order valence-electron chi connectivity index (χ3n) is 8.60. The normalized spacial score (nSPS) is 14.3. The Morgan fingerprint density at radius 3 is 0.717 bits per heavy atom. The summed E-state index contributed by atoms with van der Waals surface area (Å²) in [6, 6.07) is 26.8. The van der Waals surface area contributed by atoms with Gasteiger partial charge in [0.15, 0.2) is 0 Å². The number of hydrogen-bond donors (Lipinski definition) is 0. The zero-order valence-corrected chi connectivity index (χ0v) is 40.2. The van der Waals surface area contributed by atoms with Crippen LogP contribution in [0.4, 0.5) is 0 Å². The number of hydrogen-bond acceptors (Lipinski definition) is 0. The minimum Gasteiger partial charge on any atom is -1.00 e. The molecule has 0 spiro atoms. The molecule has 0 aliphatic heterocycles. The van der Waals surface area contributed by atoms with Crippen LogP contribution in [0.25, 0.3) is 0 Å². The summed E-state index contributed by atoms with van der Waals surface area (Å²) < 4.78 is 0. The summed E-state index contributed by atoms with van der Waals surface area (Å²) in [5, 5.41) is 0. The van der Waals surface area contributed by atoms with Crippen molar-refractivity contribution in [1.82, 2.24) is 0 Å². The zero-order chi connectivity index (χ0) is 29.8. The predicted octanol–water partition coefficient (Wildman–Crippen LogP) is 4.18. The maximum Gasteiger partial charge on any atom is 0.0213 e. The Bertz CT molecular complexity index is 950. The monoisotopic (exact) mass is 1020 g/mol. The first-order valence-corrected chi connectivity index (χ1v) is 21.7. The van der Waals surface area contributed by atoms with Crippen molar-refractivity contribution in [1.29, 1.82) is 0 Å². The Kier molecular flexibility index (Phi) is 31.5. The molecule has 0 amide bonds. The van der Waals surface area contributed by atoms with Crippen LogP contribution in [-0.2, 0) is 103 Å². The smallest absolute Gasteiger partial charge is 0.0213 e.